The zero-order valence-electron chi connectivity index (χ0n) is 13.9. The maximum atomic E-state index is 13.1. The van der Waals surface area contributed by atoms with Crippen molar-refractivity contribution in [3.63, 3.8) is 0 Å². The highest BCUT2D eigenvalue weighted by Crippen LogP contribution is 2.59. The molecule has 1 rings (SSSR count). The van der Waals surface area contributed by atoms with Crippen LogP contribution in [0.25, 0.3) is 0 Å². The lowest BCUT2D eigenvalue weighted by Gasteiger charge is -2.28. The first kappa shape index (κ1) is 19.2. The number of hydrogen-bond acceptors (Lipinski definition) is 4. The molecule has 0 N–H and O–H groups in total. The monoisotopic (exact) mass is 348 g/mol. The molecule has 0 fully saturated rings. The third-order valence-electron chi connectivity index (χ3n) is 3.23. The number of allylic oxidation sites excluding steroid dienone is 1. The van der Waals surface area contributed by atoms with Crippen molar-refractivity contribution in [2.24, 2.45) is 0 Å². The highest BCUT2D eigenvalue weighted by Gasteiger charge is 2.38. The fraction of sp³-hybridized carbons (Fsp3) is 0.733. The Bertz CT molecular complexity index is 419. The SMILES string of the molecule is CCOP(=O)(OCC)/C(=C/SC1C=CCCC1)[Si](C)(C)C. The van der Waals surface area contributed by atoms with Gasteiger partial charge in [0.1, 0.15) is 0 Å². The largest absolute Gasteiger partial charge is 0.353 e. The summed E-state index contributed by atoms with van der Waals surface area (Å²) in [5.41, 5.74) is 0. The Kier molecular flexibility index (Phi) is 8.00. The maximum absolute atomic E-state index is 13.1. The van der Waals surface area contributed by atoms with Crippen molar-refractivity contribution in [3.8, 4) is 0 Å². The van der Waals surface area contributed by atoms with Gasteiger partial charge in [0.15, 0.2) is 0 Å². The van der Waals surface area contributed by atoms with Crippen LogP contribution in [0.1, 0.15) is 33.1 Å². The molecule has 0 saturated carbocycles. The van der Waals surface area contributed by atoms with E-state index in [1.54, 1.807) is 11.8 Å². The van der Waals surface area contributed by atoms with E-state index in [1.165, 1.54) is 19.3 Å². The normalized spacial score (nSPS) is 20.8. The minimum absolute atomic E-state index is 0.410. The van der Waals surface area contributed by atoms with Gasteiger partial charge in [0.25, 0.3) is 0 Å². The van der Waals surface area contributed by atoms with Crippen molar-refractivity contribution >= 4 is 27.4 Å². The van der Waals surface area contributed by atoms with Gasteiger partial charge in [-0.25, -0.2) is 0 Å². The fourth-order valence-electron chi connectivity index (χ4n) is 2.21. The summed E-state index contributed by atoms with van der Waals surface area (Å²) < 4.78 is 24.3. The molecule has 0 radical (unpaired) electrons. The second-order valence-electron chi connectivity index (χ2n) is 6.12. The summed E-state index contributed by atoms with van der Waals surface area (Å²) in [7, 11) is -4.92. The topological polar surface area (TPSA) is 35.5 Å². The van der Waals surface area contributed by atoms with E-state index in [2.05, 4.69) is 37.2 Å². The Morgan fingerprint density at radius 2 is 1.95 bits per heavy atom. The molecule has 122 valence electrons. The predicted octanol–water partition coefficient (Wildman–Crippen LogP) is 5.81. The molecule has 1 aliphatic carbocycles. The summed E-state index contributed by atoms with van der Waals surface area (Å²) in [6, 6.07) is 0. The van der Waals surface area contributed by atoms with E-state index in [-0.39, 0.29) is 0 Å². The Labute approximate surface area is 135 Å². The smallest absolute Gasteiger partial charge is 0.306 e. The van der Waals surface area contributed by atoms with Crippen LogP contribution in [0.4, 0.5) is 0 Å². The van der Waals surface area contributed by atoms with Gasteiger partial charge >= 0.3 is 7.60 Å². The quantitative estimate of drug-likeness (QED) is 0.315. The van der Waals surface area contributed by atoms with E-state index in [1.807, 2.05) is 13.8 Å². The molecule has 0 amide bonds. The summed E-state index contributed by atoms with van der Waals surface area (Å²) in [5, 5.41) is 2.57. The van der Waals surface area contributed by atoms with Crippen LogP contribution in [0.15, 0.2) is 22.5 Å². The second kappa shape index (κ2) is 8.73. The molecule has 0 aliphatic heterocycles. The van der Waals surface area contributed by atoms with E-state index in [0.29, 0.717) is 18.5 Å². The number of hydrogen-bond donors (Lipinski definition) is 0. The lowest BCUT2D eigenvalue weighted by atomic mass is 10.1. The summed E-state index contributed by atoms with van der Waals surface area (Å²) >= 11 is 1.76. The fourth-order valence-corrected chi connectivity index (χ4v) is 10.0. The van der Waals surface area contributed by atoms with E-state index >= 15 is 0 Å². The minimum atomic E-state index is -3.14. The third kappa shape index (κ3) is 6.07. The van der Waals surface area contributed by atoms with Gasteiger partial charge < -0.3 is 9.05 Å². The molecule has 6 heteroatoms. The van der Waals surface area contributed by atoms with E-state index in [0.717, 1.165) is 4.94 Å². The van der Waals surface area contributed by atoms with E-state index in [4.69, 9.17) is 9.05 Å². The van der Waals surface area contributed by atoms with Gasteiger partial charge in [-0.3, -0.25) is 4.57 Å². The molecule has 0 heterocycles. The summed E-state index contributed by atoms with van der Waals surface area (Å²) in [6.45, 7) is 11.1. The van der Waals surface area contributed by atoms with Crippen molar-refractivity contribution in [1.29, 1.82) is 0 Å². The van der Waals surface area contributed by atoms with Crippen LogP contribution in [-0.2, 0) is 13.6 Å². The van der Waals surface area contributed by atoms with Crippen LogP contribution in [0.3, 0.4) is 0 Å². The van der Waals surface area contributed by atoms with Gasteiger partial charge in [0.05, 0.1) is 21.3 Å². The van der Waals surface area contributed by atoms with Crippen LogP contribution in [0, 0.1) is 0 Å². The Balaban J connectivity index is 3.00. The molecular formula is C15H29O3PSSi. The standard InChI is InChI=1S/C15H29O3PSSi/c1-6-17-19(16,18-7-2)15(21(3,4)5)13-20-14-11-9-8-10-12-14/h9,11,13-14H,6-8,10,12H2,1-5H3/b15-13-. The van der Waals surface area contributed by atoms with Gasteiger partial charge in [-0.1, -0.05) is 31.8 Å². The van der Waals surface area contributed by atoms with E-state index < -0.39 is 15.7 Å². The van der Waals surface area contributed by atoms with Crippen LogP contribution >= 0.6 is 19.4 Å². The van der Waals surface area contributed by atoms with Gasteiger partial charge in [-0.2, -0.15) is 0 Å². The summed E-state index contributed by atoms with van der Waals surface area (Å²) in [4.78, 5) is 0.919. The number of thioether (sulfide) groups is 1. The Hall–Kier alpha value is 0.197. The number of rotatable bonds is 8. The van der Waals surface area contributed by atoms with Crippen molar-refractivity contribution in [3.05, 3.63) is 22.5 Å². The van der Waals surface area contributed by atoms with Gasteiger partial charge in [-0.05, 0) is 38.5 Å². The average Bonchev–Trinajstić information content (AvgIpc) is 2.39. The average molecular weight is 349 g/mol. The van der Waals surface area contributed by atoms with Crippen LogP contribution in [0.2, 0.25) is 19.6 Å². The molecule has 0 aromatic carbocycles. The van der Waals surface area contributed by atoms with Gasteiger partial charge in [0, 0.05) is 10.2 Å². The minimum Gasteiger partial charge on any atom is -0.306 e. The van der Waals surface area contributed by atoms with Crippen LogP contribution < -0.4 is 0 Å². The molecule has 0 aromatic rings. The molecule has 3 nitrogen and oxygen atoms in total. The van der Waals surface area contributed by atoms with Crippen molar-refractivity contribution in [2.75, 3.05) is 13.2 Å². The molecule has 21 heavy (non-hydrogen) atoms. The first-order valence-corrected chi connectivity index (χ1v) is 13.7. The zero-order valence-corrected chi connectivity index (χ0v) is 16.6. The van der Waals surface area contributed by atoms with Crippen LogP contribution in [-0.4, -0.2) is 26.5 Å². The lowest BCUT2D eigenvalue weighted by molar-refractivity contribution is 0.227. The van der Waals surface area contributed by atoms with Crippen molar-refractivity contribution in [1.82, 2.24) is 0 Å². The molecule has 0 bridgehead atoms. The summed E-state index contributed by atoms with van der Waals surface area (Å²) in [5.74, 6) is 0. The highest BCUT2D eigenvalue weighted by molar-refractivity contribution is 8.03. The zero-order chi connectivity index (χ0) is 15.9. The van der Waals surface area contributed by atoms with Gasteiger partial charge in [0.2, 0.25) is 0 Å². The molecule has 0 spiro atoms. The predicted molar refractivity (Wildman–Crippen MR) is 96.7 cm³/mol. The van der Waals surface area contributed by atoms with Crippen molar-refractivity contribution < 1.29 is 13.6 Å². The summed E-state index contributed by atoms with van der Waals surface area (Å²) in [6.07, 6.45) is 8.10. The van der Waals surface area contributed by atoms with E-state index in [9.17, 15) is 4.57 Å². The maximum Gasteiger partial charge on any atom is 0.353 e. The highest BCUT2D eigenvalue weighted by atomic mass is 32.2. The van der Waals surface area contributed by atoms with Gasteiger partial charge in [-0.15, -0.1) is 11.8 Å². The second-order valence-corrected chi connectivity index (χ2v) is 14.7. The van der Waals surface area contributed by atoms with Crippen molar-refractivity contribution in [2.45, 2.75) is 58.0 Å². The first-order valence-electron chi connectivity index (χ1n) is 7.76. The molecule has 0 aromatic heterocycles. The third-order valence-corrected chi connectivity index (χ3v) is 11.2. The first-order chi connectivity index (χ1) is 9.83. The molecule has 1 unspecified atom stereocenters. The molecule has 0 saturated heterocycles. The molecule has 1 atom stereocenters. The Morgan fingerprint density at radius 3 is 2.38 bits per heavy atom. The lowest BCUT2D eigenvalue weighted by Crippen LogP contribution is -2.25. The molecular weight excluding hydrogens is 319 g/mol. The molecule has 1 aliphatic rings. The van der Waals surface area contributed by atoms with Crippen LogP contribution in [0.5, 0.6) is 0 Å². The Morgan fingerprint density at radius 1 is 1.33 bits per heavy atom.